The normalized spacial score (nSPS) is 14.8. The van der Waals surface area contributed by atoms with E-state index in [4.69, 9.17) is 5.73 Å². The molecule has 22 heavy (non-hydrogen) atoms. The minimum Gasteiger partial charge on any atom is -0.384 e. The summed E-state index contributed by atoms with van der Waals surface area (Å²) in [5.41, 5.74) is 8.72. The number of benzene rings is 1. The first-order valence-corrected chi connectivity index (χ1v) is 7.58. The standard InChI is InChI=1S/C17H22N4O/c1-17(2,3)21-15(18)10-14(19-21)16(22)20-9-8-12-6-4-5-7-13(12)11-20/h4-7,10H,8-9,11,18H2,1-3H3. The van der Waals surface area contributed by atoms with E-state index in [1.54, 1.807) is 10.7 Å². The van der Waals surface area contributed by atoms with Gasteiger partial charge >= 0.3 is 0 Å². The molecule has 0 radical (unpaired) electrons. The zero-order valence-electron chi connectivity index (χ0n) is 13.3. The van der Waals surface area contributed by atoms with Crippen molar-refractivity contribution in [2.24, 2.45) is 0 Å². The number of hydrogen-bond donors (Lipinski definition) is 1. The highest BCUT2D eigenvalue weighted by molar-refractivity contribution is 5.93. The van der Waals surface area contributed by atoms with Crippen LogP contribution in [0.25, 0.3) is 0 Å². The summed E-state index contributed by atoms with van der Waals surface area (Å²) in [5.74, 6) is 0.470. The fourth-order valence-corrected chi connectivity index (χ4v) is 2.87. The van der Waals surface area contributed by atoms with Crippen LogP contribution in [0.5, 0.6) is 0 Å². The molecule has 1 amide bonds. The van der Waals surface area contributed by atoms with Crippen LogP contribution in [-0.2, 0) is 18.5 Å². The molecule has 0 bridgehead atoms. The van der Waals surface area contributed by atoms with Crippen molar-refractivity contribution in [1.82, 2.24) is 14.7 Å². The molecule has 2 N–H and O–H groups in total. The van der Waals surface area contributed by atoms with Gasteiger partial charge in [0.1, 0.15) is 5.82 Å². The predicted molar refractivity (Wildman–Crippen MR) is 86.5 cm³/mol. The van der Waals surface area contributed by atoms with E-state index in [1.807, 2.05) is 37.8 Å². The van der Waals surface area contributed by atoms with Crippen molar-refractivity contribution in [3.63, 3.8) is 0 Å². The number of nitrogens with two attached hydrogens (primary N) is 1. The molecule has 1 aliphatic heterocycles. The van der Waals surface area contributed by atoms with Gasteiger partial charge in [0.05, 0.1) is 5.54 Å². The molecule has 0 atom stereocenters. The number of hydrogen-bond acceptors (Lipinski definition) is 3. The van der Waals surface area contributed by atoms with Crippen LogP contribution < -0.4 is 5.73 Å². The van der Waals surface area contributed by atoms with Crippen LogP contribution in [0.15, 0.2) is 30.3 Å². The molecule has 1 aromatic heterocycles. The van der Waals surface area contributed by atoms with Crippen LogP contribution in [0.4, 0.5) is 5.82 Å². The number of fused-ring (bicyclic) bond motifs is 1. The number of anilines is 1. The van der Waals surface area contributed by atoms with Crippen LogP contribution in [-0.4, -0.2) is 27.1 Å². The van der Waals surface area contributed by atoms with Crippen molar-refractivity contribution in [1.29, 1.82) is 0 Å². The Kier molecular flexibility index (Phi) is 3.43. The maximum Gasteiger partial charge on any atom is 0.274 e. The lowest BCUT2D eigenvalue weighted by molar-refractivity contribution is 0.0727. The maximum absolute atomic E-state index is 12.7. The van der Waals surface area contributed by atoms with Gasteiger partial charge in [0.2, 0.25) is 0 Å². The van der Waals surface area contributed by atoms with E-state index in [0.29, 0.717) is 18.1 Å². The summed E-state index contributed by atoms with van der Waals surface area (Å²) in [5, 5.41) is 4.41. The van der Waals surface area contributed by atoms with E-state index in [9.17, 15) is 4.79 Å². The molecular weight excluding hydrogens is 276 g/mol. The van der Waals surface area contributed by atoms with Crippen molar-refractivity contribution in [3.8, 4) is 0 Å². The Morgan fingerprint density at radius 3 is 2.55 bits per heavy atom. The molecule has 0 aliphatic carbocycles. The number of carbonyl (C=O) groups excluding carboxylic acids is 1. The minimum absolute atomic E-state index is 0.0517. The topological polar surface area (TPSA) is 64.2 Å². The smallest absolute Gasteiger partial charge is 0.274 e. The van der Waals surface area contributed by atoms with E-state index in [2.05, 4.69) is 17.2 Å². The Morgan fingerprint density at radius 2 is 1.91 bits per heavy atom. The number of amides is 1. The highest BCUT2D eigenvalue weighted by Crippen LogP contribution is 2.23. The highest BCUT2D eigenvalue weighted by Gasteiger charge is 2.26. The molecule has 1 aliphatic rings. The van der Waals surface area contributed by atoms with Gasteiger partial charge in [-0.15, -0.1) is 0 Å². The summed E-state index contributed by atoms with van der Waals surface area (Å²) in [6, 6.07) is 9.94. The Labute approximate surface area is 130 Å². The maximum atomic E-state index is 12.7. The largest absolute Gasteiger partial charge is 0.384 e. The predicted octanol–water partition coefficient (Wildman–Crippen LogP) is 2.42. The Bertz CT molecular complexity index is 712. The Balaban J connectivity index is 1.84. The van der Waals surface area contributed by atoms with Crippen LogP contribution in [0.1, 0.15) is 42.4 Å². The molecule has 1 aromatic carbocycles. The van der Waals surface area contributed by atoms with E-state index in [0.717, 1.165) is 13.0 Å². The molecule has 2 aromatic rings. The summed E-state index contributed by atoms with van der Waals surface area (Å²) < 4.78 is 1.71. The molecule has 0 fully saturated rings. The third-order valence-electron chi connectivity index (χ3n) is 4.01. The molecule has 0 saturated carbocycles. The summed E-state index contributed by atoms with van der Waals surface area (Å²) in [6.07, 6.45) is 0.886. The average molecular weight is 298 g/mol. The SMILES string of the molecule is CC(C)(C)n1nc(C(=O)N2CCc3ccccc3C2)cc1N. The van der Waals surface area contributed by atoms with E-state index < -0.39 is 0 Å². The molecule has 5 heteroatoms. The zero-order valence-corrected chi connectivity index (χ0v) is 13.3. The molecule has 116 valence electrons. The Morgan fingerprint density at radius 1 is 1.23 bits per heavy atom. The van der Waals surface area contributed by atoms with Gasteiger partial charge in [0.25, 0.3) is 5.91 Å². The van der Waals surface area contributed by atoms with Crippen molar-refractivity contribution in [2.45, 2.75) is 39.3 Å². The van der Waals surface area contributed by atoms with Gasteiger partial charge in [0.15, 0.2) is 5.69 Å². The lowest BCUT2D eigenvalue weighted by Crippen LogP contribution is -2.36. The van der Waals surface area contributed by atoms with E-state index in [-0.39, 0.29) is 11.4 Å². The monoisotopic (exact) mass is 298 g/mol. The number of nitrogens with zero attached hydrogens (tertiary/aromatic N) is 3. The average Bonchev–Trinajstić information content (AvgIpc) is 2.88. The third kappa shape index (κ3) is 2.58. The van der Waals surface area contributed by atoms with Crippen LogP contribution in [0.2, 0.25) is 0 Å². The second kappa shape index (κ2) is 5.16. The number of carbonyl (C=O) groups is 1. The van der Waals surface area contributed by atoms with Gasteiger partial charge in [-0.3, -0.25) is 4.79 Å². The molecule has 5 nitrogen and oxygen atoms in total. The first-order chi connectivity index (χ1) is 10.4. The summed E-state index contributed by atoms with van der Waals surface area (Å²) in [7, 11) is 0. The Hall–Kier alpha value is -2.30. The third-order valence-corrected chi connectivity index (χ3v) is 4.01. The molecule has 2 heterocycles. The van der Waals surface area contributed by atoms with Crippen LogP contribution in [0.3, 0.4) is 0 Å². The van der Waals surface area contributed by atoms with Gasteiger partial charge < -0.3 is 10.6 Å². The van der Waals surface area contributed by atoms with E-state index in [1.165, 1.54) is 11.1 Å². The zero-order chi connectivity index (χ0) is 15.9. The first-order valence-electron chi connectivity index (χ1n) is 7.58. The van der Waals surface area contributed by atoms with Crippen LogP contribution >= 0.6 is 0 Å². The summed E-state index contributed by atoms with van der Waals surface area (Å²) in [6.45, 7) is 7.40. The first kappa shape index (κ1) is 14.6. The summed E-state index contributed by atoms with van der Waals surface area (Å²) >= 11 is 0. The van der Waals surface area contributed by atoms with Gasteiger partial charge in [-0.25, -0.2) is 4.68 Å². The lowest BCUT2D eigenvalue weighted by atomic mass is 10.00. The number of aromatic nitrogens is 2. The van der Waals surface area contributed by atoms with Crippen molar-refractivity contribution in [3.05, 3.63) is 47.2 Å². The van der Waals surface area contributed by atoms with Gasteiger partial charge in [-0.2, -0.15) is 5.10 Å². The van der Waals surface area contributed by atoms with Gasteiger partial charge in [-0.05, 0) is 38.3 Å². The van der Waals surface area contributed by atoms with Crippen molar-refractivity contribution >= 4 is 11.7 Å². The molecule has 3 rings (SSSR count). The molecule has 0 saturated heterocycles. The minimum atomic E-state index is -0.239. The number of rotatable bonds is 1. The fourth-order valence-electron chi connectivity index (χ4n) is 2.87. The lowest BCUT2D eigenvalue weighted by Gasteiger charge is -2.28. The number of nitrogen functional groups attached to an aromatic ring is 1. The van der Waals surface area contributed by atoms with E-state index >= 15 is 0 Å². The summed E-state index contributed by atoms with van der Waals surface area (Å²) in [4.78, 5) is 14.5. The fraction of sp³-hybridized carbons (Fsp3) is 0.412. The van der Waals surface area contributed by atoms with Crippen molar-refractivity contribution < 1.29 is 4.79 Å². The van der Waals surface area contributed by atoms with Crippen molar-refractivity contribution in [2.75, 3.05) is 12.3 Å². The van der Waals surface area contributed by atoms with Gasteiger partial charge in [-0.1, -0.05) is 24.3 Å². The van der Waals surface area contributed by atoms with Crippen LogP contribution in [0, 0.1) is 0 Å². The second-order valence-electron chi connectivity index (χ2n) is 6.78. The highest BCUT2D eigenvalue weighted by atomic mass is 16.2. The molecule has 0 spiro atoms. The van der Waals surface area contributed by atoms with Gasteiger partial charge in [0, 0.05) is 19.2 Å². The quantitative estimate of drug-likeness (QED) is 0.879. The second-order valence-corrected chi connectivity index (χ2v) is 6.78. The molecular formula is C17H22N4O. The molecule has 0 unspecified atom stereocenters.